The van der Waals surface area contributed by atoms with Gasteiger partial charge in [0.2, 0.25) is 0 Å². The SMILES string of the molecule is COc1cc(C(CC=C(C)C)OCCCCCCCCO)c(OC)c2c1C(=O)C=CC2=O. The van der Waals surface area contributed by atoms with Crippen molar-refractivity contribution in [3.05, 3.63) is 46.6 Å². The summed E-state index contributed by atoms with van der Waals surface area (Å²) < 4.78 is 17.4. The number of hydrogen-bond donors (Lipinski definition) is 1. The number of ketones is 2. The number of benzene rings is 1. The lowest BCUT2D eigenvalue weighted by molar-refractivity contribution is 0.0498. The second-order valence-electron chi connectivity index (χ2n) is 8.23. The van der Waals surface area contributed by atoms with E-state index in [9.17, 15) is 9.59 Å². The van der Waals surface area contributed by atoms with Crippen molar-refractivity contribution < 1.29 is 28.9 Å². The summed E-state index contributed by atoms with van der Waals surface area (Å²) in [5.41, 5.74) is 2.36. The highest BCUT2D eigenvalue weighted by atomic mass is 16.5. The van der Waals surface area contributed by atoms with Gasteiger partial charge in [0.15, 0.2) is 11.6 Å². The minimum Gasteiger partial charge on any atom is -0.496 e. The number of rotatable bonds is 14. The molecule has 0 saturated heterocycles. The lowest BCUT2D eigenvalue weighted by atomic mass is 9.88. The number of carbonyl (C=O) groups is 2. The summed E-state index contributed by atoms with van der Waals surface area (Å²) in [7, 11) is 3.00. The monoisotopic (exact) mass is 444 g/mol. The molecule has 0 fully saturated rings. The molecule has 0 aromatic heterocycles. The van der Waals surface area contributed by atoms with E-state index in [0.717, 1.165) is 38.5 Å². The Morgan fingerprint density at radius 1 is 0.938 bits per heavy atom. The molecule has 0 spiro atoms. The molecule has 32 heavy (non-hydrogen) atoms. The second kappa shape index (κ2) is 13.2. The maximum Gasteiger partial charge on any atom is 0.190 e. The number of aliphatic hydroxyl groups excluding tert-OH is 1. The Hall–Kier alpha value is -2.44. The molecule has 1 aromatic carbocycles. The number of hydrogen-bond acceptors (Lipinski definition) is 6. The van der Waals surface area contributed by atoms with Crippen molar-refractivity contribution in [3.8, 4) is 11.5 Å². The van der Waals surface area contributed by atoms with Gasteiger partial charge in [-0.3, -0.25) is 9.59 Å². The summed E-state index contributed by atoms with van der Waals surface area (Å²) in [5.74, 6) is 0.178. The van der Waals surface area contributed by atoms with Gasteiger partial charge < -0.3 is 19.3 Å². The molecule has 1 aliphatic rings. The Balaban J connectivity index is 2.27. The Morgan fingerprint density at radius 3 is 2.16 bits per heavy atom. The summed E-state index contributed by atoms with van der Waals surface area (Å²) in [6.07, 6.45) is 11.0. The van der Waals surface area contributed by atoms with Gasteiger partial charge in [0, 0.05) is 18.8 Å². The third-order valence-corrected chi connectivity index (χ3v) is 5.53. The molecular formula is C26H36O6. The Morgan fingerprint density at radius 2 is 1.56 bits per heavy atom. The van der Waals surface area contributed by atoms with Crippen molar-refractivity contribution in [2.75, 3.05) is 27.4 Å². The standard InChI is InChI=1S/C26H36O6/c1-18(2)11-14-22(32-16-10-8-6-5-7-9-15-27)19-17-23(30-3)24-20(28)12-13-21(29)25(24)26(19)31-4/h11-13,17,22,27H,5-10,14-16H2,1-4H3. The van der Waals surface area contributed by atoms with Crippen molar-refractivity contribution >= 4 is 11.6 Å². The minimum absolute atomic E-state index is 0.240. The predicted octanol–water partition coefficient (Wildman–Crippen LogP) is 5.39. The first-order valence-corrected chi connectivity index (χ1v) is 11.4. The van der Waals surface area contributed by atoms with E-state index in [1.54, 1.807) is 6.07 Å². The van der Waals surface area contributed by atoms with Crippen LogP contribution in [-0.2, 0) is 4.74 Å². The van der Waals surface area contributed by atoms with E-state index in [1.807, 2.05) is 13.8 Å². The number of aliphatic hydroxyl groups is 1. The van der Waals surface area contributed by atoms with Crippen LogP contribution in [0.3, 0.4) is 0 Å². The fraction of sp³-hybridized carbons (Fsp3) is 0.538. The average Bonchev–Trinajstić information content (AvgIpc) is 2.78. The Kier molecular flexibility index (Phi) is 10.6. The van der Waals surface area contributed by atoms with Gasteiger partial charge in [-0.2, -0.15) is 0 Å². The van der Waals surface area contributed by atoms with Gasteiger partial charge in [-0.05, 0) is 51.3 Å². The van der Waals surface area contributed by atoms with Crippen molar-refractivity contribution in [2.45, 2.75) is 64.9 Å². The largest absolute Gasteiger partial charge is 0.496 e. The summed E-state index contributed by atoms with van der Waals surface area (Å²) in [5, 5.41) is 8.86. The number of carbonyl (C=O) groups excluding carboxylic acids is 2. The molecule has 1 N–H and O–H groups in total. The van der Waals surface area contributed by atoms with Gasteiger partial charge in [-0.1, -0.05) is 37.3 Å². The first-order chi connectivity index (χ1) is 15.4. The van der Waals surface area contributed by atoms with Gasteiger partial charge in [0.05, 0.1) is 31.5 Å². The second-order valence-corrected chi connectivity index (χ2v) is 8.23. The fourth-order valence-electron chi connectivity index (χ4n) is 3.85. The van der Waals surface area contributed by atoms with Crippen molar-refractivity contribution in [2.24, 2.45) is 0 Å². The molecule has 0 aliphatic heterocycles. The molecule has 0 radical (unpaired) electrons. The van der Waals surface area contributed by atoms with Gasteiger partial charge in [0.25, 0.3) is 0 Å². The highest BCUT2D eigenvalue weighted by Crippen LogP contribution is 2.42. The summed E-state index contributed by atoms with van der Waals surface area (Å²) in [6, 6.07) is 1.76. The molecule has 0 saturated carbocycles. The average molecular weight is 445 g/mol. The fourth-order valence-corrected chi connectivity index (χ4v) is 3.85. The van der Waals surface area contributed by atoms with Crippen LogP contribution in [0.25, 0.3) is 0 Å². The van der Waals surface area contributed by atoms with Crippen LogP contribution in [0.5, 0.6) is 11.5 Å². The Bertz CT molecular complexity index is 848. The molecule has 6 heteroatoms. The van der Waals surface area contributed by atoms with Crippen molar-refractivity contribution in [1.82, 2.24) is 0 Å². The van der Waals surface area contributed by atoms with Crippen LogP contribution < -0.4 is 9.47 Å². The topological polar surface area (TPSA) is 82.1 Å². The Labute approximate surface area is 191 Å². The minimum atomic E-state index is -0.331. The molecule has 1 unspecified atom stereocenters. The van der Waals surface area contributed by atoms with E-state index < -0.39 is 0 Å². The van der Waals surface area contributed by atoms with E-state index in [0.29, 0.717) is 30.1 Å². The number of fused-ring (bicyclic) bond motifs is 1. The van der Waals surface area contributed by atoms with Gasteiger partial charge >= 0.3 is 0 Å². The maximum absolute atomic E-state index is 12.7. The lowest BCUT2D eigenvalue weighted by Crippen LogP contribution is -2.18. The van der Waals surface area contributed by atoms with E-state index in [-0.39, 0.29) is 35.4 Å². The predicted molar refractivity (Wildman–Crippen MR) is 125 cm³/mol. The first kappa shape index (κ1) is 25.8. The van der Waals surface area contributed by atoms with Crippen LogP contribution in [0.2, 0.25) is 0 Å². The summed E-state index contributed by atoms with van der Waals surface area (Å²) >= 11 is 0. The number of unbranched alkanes of at least 4 members (excludes halogenated alkanes) is 5. The molecule has 0 amide bonds. The van der Waals surface area contributed by atoms with E-state index in [1.165, 1.54) is 31.9 Å². The van der Waals surface area contributed by atoms with Crippen molar-refractivity contribution in [3.63, 3.8) is 0 Å². The highest BCUT2D eigenvalue weighted by molar-refractivity contribution is 6.24. The molecule has 176 valence electrons. The zero-order chi connectivity index (χ0) is 23.5. The zero-order valence-electron chi connectivity index (χ0n) is 19.7. The molecule has 1 aromatic rings. The van der Waals surface area contributed by atoms with Crippen LogP contribution in [0.15, 0.2) is 29.9 Å². The van der Waals surface area contributed by atoms with Gasteiger partial charge in [0.1, 0.15) is 11.5 Å². The summed E-state index contributed by atoms with van der Waals surface area (Å²) in [6.45, 7) is 4.89. The third-order valence-electron chi connectivity index (χ3n) is 5.53. The molecule has 0 heterocycles. The molecular weight excluding hydrogens is 408 g/mol. The molecule has 1 aliphatic carbocycles. The highest BCUT2D eigenvalue weighted by Gasteiger charge is 2.32. The lowest BCUT2D eigenvalue weighted by Gasteiger charge is -2.25. The van der Waals surface area contributed by atoms with Crippen LogP contribution in [-0.4, -0.2) is 44.1 Å². The number of methoxy groups -OCH3 is 2. The molecule has 0 bridgehead atoms. The number of ether oxygens (including phenoxy) is 3. The van der Waals surface area contributed by atoms with Gasteiger partial charge in [-0.15, -0.1) is 0 Å². The number of allylic oxidation sites excluding steroid dienone is 3. The third kappa shape index (κ3) is 6.78. The van der Waals surface area contributed by atoms with Crippen molar-refractivity contribution in [1.29, 1.82) is 0 Å². The normalized spacial score (nSPS) is 13.7. The smallest absolute Gasteiger partial charge is 0.190 e. The zero-order valence-corrected chi connectivity index (χ0v) is 19.7. The maximum atomic E-state index is 12.7. The van der Waals surface area contributed by atoms with Gasteiger partial charge in [-0.25, -0.2) is 0 Å². The molecule has 1 atom stereocenters. The molecule has 6 nitrogen and oxygen atoms in total. The van der Waals surface area contributed by atoms with E-state index in [2.05, 4.69) is 6.08 Å². The van der Waals surface area contributed by atoms with Crippen LogP contribution in [0, 0.1) is 0 Å². The quantitative estimate of drug-likeness (QED) is 0.306. The molecule has 2 rings (SSSR count). The summed E-state index contributed by atoms with van der Waals surface area (Å²) in [4.78, 5) is 25.2. The van der Waals surface area contributed by atoms with E-state index in [4.69, 9.17) is 19.3 Å². The first-order valence-electron chi connectivity index (χ1n) is 11.4. The van der Waals surface area contributed by atoms with Crippen LogP contribution in [0.1, 0.15) is 91.2 Å². The van der Waals surface area contributed by atoms with E-state index >= 15 is 0 Å². The van der Waals surface area contributed by atoms with Crippen LogP contribution in [0.4, 0.5) is 0 Å². The van der Waals surface area contributed by atoms with Crippen LogP contribution >= 0.6 is 0 Å².